The number of aliphatic carboxylic acids is 1. The summed E-state index contributed by atoms with van der Waals surface area (Å²) in [7, 11) is 0. The third kappa shape index (κ3) is 3.58. The molecular weight excluding hydrogens is 228 g/mol. The van der Waals surface area contributed by atoms with E-state index >= 15 is 0 Å². The molecule has 1 atom stereocenters. The van der Waals surface area contributed by atoms with Crippen LogP contribution in [0.25, 0.3) is 0 Å². The van der Waals surface area contributed by atoms with E-state index < -0.39 is 5.97 Å². The summed E-state index contributed by atoms with van der Waals surface area (Å²) in [6.45, 7) is 1.51. The number of hydrogen-bond donors (Lipinski definition) is 2. The Morgan fingerprint density at radius 2 is 2.17 bits per heavy atom. The number of benzene rings is 1. The minimum atomic E-state index is -0.743. The van der Waals surface area contributed by atoms with Crippen LogP contribution in [-0.2, 0) is 4.79 Å². The zero-order chi connectivity index (χ0) is 12.8. The summed E-state index contributed by atoms with van der Waals surface area (Å²) in [5.41, 5.74) is 1.32. The first kappa shape index (κ1) is 12.6. The maximum Gasteiger partial charge on any atom is 0.303 e. The highest BCUT2D eigenvalue weighted by atomic mass is 16.4. The predicted octanol–water partition coefficient (Wildman–Crippen LogP) is 2.03. The number of nitrogens with one attached hydrogen (secondary N) is 1. The first-order chi connectivity index (χ1) is 8.75. The van der Waals surface area contributed by atoms with Gasteiger partial charge in [0, 0.05) is 31.8 Å². The summed E-state index contributed by atoms with van der Waals surface area (Å²) in [6, 6.07) is 10.4. The summed E-state index contributed by atoms with van der Waals surface area (Å²) >= 11 is 0. The summed E-state index contributed by atoms with van der Waals surface area (Å²) in [5.74, 6) is 0.731. The van der Waals surface area contributed by atoms with Gasteiger partial charge < -0.3 is 10.4 Å². The summed E-state index contributed by atoms with van der Waals surface area (Å²) in [5, 5.41) is 11.8. The molecule has 0 aliphatic carbocycles. The van der Waals surface area contributed by atoms with Crippen LogP contribution in [-0.4, -0.2) is 30.0 Å². The highest BCUT2D eigenvalue weighted by Crippen LogP contribution is 2.24. The molecule has 2 rings (SSSR count). The molecule has 0 fully saturated rings. The average Bonchev–Trinajstić information content (AvgIpc) is 2.84. The van der Waals surface area contributed by atoms with Gasteiger partial charge in [-0.15, -0.1) is 0 Å². The first-order valence-corrected chi connectivity index (χ1v) is 6.29. The van der Waals surface area contributed by atoms with Gasteiger partial charge in [0.25, 0.3) is 0 Å². The maximum absolute atomic E-state index is 10.4. The first-order valence-electron chi connectivity index (χ1n) is 6.29. The SMILES string of the molecule is O=C(O)CCCNC1=NCC(c2ccccc2)C1. The molecular formula is C14H18N2O2. The van der Waals surface area contributed by atoms with Crippen molar-refractivity contribution in [3.05, 3.63) is 35.9 Å². The molecule has 1 unspecified atom stereocenters. The number of amidine groups is 1. The van der Waals surface area contributed by atoms with E-state index in [0.717, 1.165) is 18.8 Å². The highest BCUT2D eigenvalue weighted by Gasteiger charge is 2.19. The van der Waals surface area contributed by atoms with Crippen LogP contribution >= 0.6 is 0 Å². The lowest BCUT2D eigenvalue weighted by Gasteiger charge is -2.09. The third-order valence-corrected chi connectivity index (χ3v) is 3.11. The van der Waals surface area contributed by atoms with Crippen LogP contribution < -0.4 is 5.32 Å². The molecule has 0 aromatic heterocycles. The highest BCUT2D eigenvalue weighted by molar-refractivity contribution is 5.84. The van der Waals surface area contributed by atoms with Crippen LogP contribution in [0.15, 0.2) is 35.3 Å². The van der Waals surface area contributed by atoms with Crippen molar-refractivity contribution in [3.8, 4) is 0 Å². The molecule has 1 aliphatic heterocycles. The molecule has 0 bridgehead atoms. The molecule has 0 amide bonds. The molecule has 1 aliphatic rings. The second-order valence-electron chi connectivity index (χ2n) is 4.52. The number of hydrogen-bond acceptors (Lipinski definition) is 3. The number of aliphatic imine (C=N–C) groups is 1. The van der Waals surface area contributed by atoms with E-state index in [2.05, 4.69) is 22.4 Å². The Balaban J connectivity index is 1.73. The van der Waals surface area contributed by atoms with Crippen molar-refractivity contribution in [1.82, 2.24) is 5.32 Å². The van der Waals surface area contributed by atoms with Gasteiger partial charge in [-0.25, -0.2) is 0 Å². The van der Waals surface area contributed by atoms with Gasteiger partial charge in [-0.1, -0.05) is 30.3 Å². The summed E-state index contributed by atoms with van der Waals surface area (Å²) in [4.78, 5) is 14.8. The van der Waals surface area contributed by atoms with Crippen molar-refractivity contribution in [2.24, 2.45) is 4.99 Å². The molecule has 18 heavy (non-hydrogen) atoms. The molecule has 1 aromatic carbocycles. The second-order valence-corrected chi connectivity index (χ2v) is 4.52. The van der Waals surface area contributed by atoms with E-state index in [0.29, 0.717) is 18.9 Å². The number of carboxylic acids is 1. The van der Waals surface area contributed by atoms with Crippen LogP contribution in [0.5, 0.6) is 0 Å². The van der Waals surface area contributed by atoms with Gasteiger partial charge in [0.05, 0.1) is 5.84 Å². The van der Waals surface area contributed by atoms with Crippen molar-refractivity contribution in [2.75, 3.05) is 13.1 Å². The number of rotatable bonds is 5. The largest absolute Gasteiger partial charge is 0.481 e. The van der Waals surface area contributed by atoms with Crippen LogP contribution in [0.3, 0.4) is 0 Å². The Hall–Kier alpha value is -1.84. The number of carbonyl (C=O) groups is 1. The second kappa shape index (κ2) is 6.19. The molecule has 2 N–H and O–H groups in total. The quantitative estimate of drug-likeness (QED) is 0.781. The maximum atomic E-state index is 10.4. The average molecular weight is 246 g/mol. The Morgan fingerprint density at radius 3 is 2.89 bits per heavy atom. The van der Waals surface area contributed by atoms with Crippen molar-refractivity contribution in [2.45, 2.75) is 25.2 Å². The Labute approximate surface area is 107 Å². The fourth-order valence-corrected chi connectivity index (χ4v) is 2.13. The smallest absolute Gasteiger partial charge is 0.303 e. The molecule has 0 radical (unpaired) electrons. The van der Waals surface area contributed by atoms with Crippen molar-refractivity contribution < 1.29 is 9.90 Å². The molecule has 96 valence electrons. The fourth-order valence-electron chi connectivity index (χ4n) is 2.13. The molecule has 0 spiro atoms. The molecule has 0 saturated carbocycles. The van der Waals surface area contributed by atoms with Gasteiger partial charge in [0.1, 0.15) is 0 Å². The lowest BCUT2D eigenvalue weighted by atomic mass is 9.97. The lowest BCUT2D eigenvalue weighted by molar-refractivity contribution is -0.137. The minimum absolute atomic E-state index is 0.211. The van der Waals surface area contributed by atoms with Gasteiger partial charge in [-0.05, 0) is 12.0 Å². The van der Waals surface area contributed by atoms with E-state index in [9.17, 15) is 4.79 Å². The van der Waals surface area contributed by atoms with E-state index in [1.807, 2.05) is 18.2 Å². The Kier molecular flexibility index (Phi) is 4.34. The zero-order valence-corrected chi connectivity index (χ0v) is 10.3. The van der Waals surface area contributed by atoms with Crippen LogP contribution in [0.4, 0.5) is 0 Å². The van der Waals surface area contributed by atoms with E-state index in [1.165, 1.54) is 5.56 Å². The molecule has 1 heterocycles. The van der Waals surface area contributed by atoms with Crippen molar-refractivity contribution in [1.29, 1.82) is 0 Å². The van der Waals surface area contributed by atoms with Crippen molar-refractivity contribution in [3.63, 3.8) is 0 Å². The Bertz CT molecular complexity index is 429. The standard InChI is InChI=1S/C14H18N2O2/c17-14(18)7-4-8-15-13-9-12(10-16-13)11-5-2-1-3-6-11/h1-3,5-6,12H,4,7-10H2,(H,15,16)(H,17,18). The monoisotopic (exact) mass is 246 g/mol. The zero-order valence-electron chi connectivity index (χ0n) is 10.3. The van der Waals surface area contributed by atoms with Crippen LogP contribution in [0.1, 0.15) is 30.7 Å². The van der Waals surface area contributed by atoms with E-state index in [-0.39, 0.29) is 6.42 Å². The third-order valence-electron chi connectivity index (χ3n) is 3.11. The minimum Gasteiger partial charge on any atom is -0.481 e. The van der Waals surface area contributed by atoms with Crippen molar-refractivity contribution >= 4 is 11.8 Å². The fraction of sp³-hybridized carbons (Fsp3) is 0.429. The van der Waals surface area contributed by atoms with Gasteiger partial charge in [-0.2, -0.15) is 0 Å². The number of carboxylic acid groups (broad SMARTS) is 1. The predicted molar refractivity (Wildman–Crippen MR) is 71.0 cm³/mol. The van der Waals surface area contributed by atoms with Crippen LogP contribution in [0.2, 0.25) is 0 Å². The van der Waals surface area contributed by atoms with Gasteiger partial charge >= 0.3 is 5.97 Å². The van der Waals surface area contributed by atoms with Gasteiger partial charge in [-0.3, -0.25) is 9.79 Å². The van der Waals surface area contributed by atoms with E-state index in [4.69, 9.17) is 5.11 Å². The summed E-state index contributed by atoms with van der Waals surface area (Å²) in [6.07, 6.45) is 1.78. The Morgan fingerprint density at radius 1 is 1.39 bits per heavy atom. The lowest BCUT2D eigenvalue weighted by Crippen LogP contribution is -2.23. The summed E-state index contributed by atoms with van der Waals surface area (Å²) < 4.78 is 0. The molecule has 4 nitrogen and oxygen atoms in total. The molecule has 0 saturated heterocycles. The van der Waals surface area contributed by atoms with Crippen LogP contribution in [0, 0.1) is 0 Å². The topological polar surface area (TPSA) is 61.7 Å². The number of nitrogens with zero attached hydrogens (tertiary/aromatic N) is 1. The molecule has 1 aromatic rings. The van der Waals surface area contributed by atoms with E-state index in [1.54, 1.807) is 0 Å². The molecule has 4 heteroatoms. The van der Waals surface area contributed by atoms with Gasteiger partial charge in [0.15, 0.2) is 0 Å². The normalized spacial score (nSPS) is 18.4. The van der Waals surface area contributed by atoms with Gasteiger partial charge in [0.2, 0.25) is 0 Å².